The smallest absolute Gasteiger partial charge is 0.159 e. The molecule has 3 N–H and O–H groups in total. The highest BCUT2D eigenvalue weighted by molar-refractivity contribution is 5.97. The third kappa shape index (κ3) is 3.26. The van der Waals surface area contributed by atoms with Crippen molar-refractivity contribution >= 4 is 21.9 Å². The molecular weight excluding hydrogens is 421 g/mol. The van der Waals surface area contributed by atoms with Crippen molar-refractivity contribution in [2.45, 2.75) is 6.92 Å². The average molecular weight is 437 g/mol. The van der Waals surface area contributed by atoms with Crippen LogP contribution in [0.5, 0.6) is 5.75 Å². The van der Waals surface area contributed by atoms with Crippen LogP contribution in [0.3, 0.4) is 0 Å². The van der Waals surface area contributed by atoms with Gasteiger partial charge in [0.1, 0.15) is 17.3 Å². The Balaban J connectivity index is 1.51. The van der Waals surface area contributed by atoms with Gasteiger partial charge in [-0.1, -0.05) is 6.07 Å². The van der Waals surface area contributed by atoms with Crippen LogP contribution >= 0.6 is 0 Å². The number of H-pyrrole nitrogens is 2. The summed E-state index contributed by atoms with van der Waals surface area (Å²) in [6.45, 7) is 1.85. The molecule has 0 fully saturated rings. The van der Waals surface area contributed by atoms with Gasteiger partial charge >= 0.3 is 0 Å². The highest BCUT2D eigenvalue weighted by atomic mass is 19.1. The van der Waals surface area contributed by atoms with E-state index in [4.69, 9.17) is 4.98 Å². The van der Waals surface area contributed by atoms with Gasteiger partial charge < -0.3 is 10.1 Å². The van der Waals surface area contributed by atoms with Gasteiger partial charge in [-0.05, 0) is 42.3 Å². The van der Waals surface area contributed by atoms with Crippen molar-refractivity contribution < 1.29 is 9.50 Å². The number of aromatic nitrogens is 7. The molecule has 33 heavy (non-hydrogen) atoms. The number of pyridine rings is 3. The van der Waals surface area contributed by atoms with Crippen LogP contribution in [0.15, 0.2) is 61.3 Å². The van der Waals surface area contributed by atoms with Crippen LogP contribution in [0.1, 0.15) is 5.56 Å². The normalized spacial score (nSPS) is 11.5. The Bertz CT molecular complexity index is 1650. The Morgan fingerprint density at radius 1 is 0.879 bits per heavy atom. The van der Waals surface area contributed by atoms with E-state index in [1.165, 1.54) is 18.3 Å². The molecule has 0 amide bonds. The molecule has 0 atom stereocenters. The number of nitrogens with zero attached hydrogens (tertiary/aromatic N) is 5. The van der Waals surface area contributed by atoms with Crippen molar-refractivity contribution in [1.82, 2.24) is 35.1 Å². The molecule has 0 saturated heterocycles. The molecule has 5 aromatic heterocycles. The zero-order valence-corrected chi connectivity index (χ0v) is 17.3. The number of hydrogen-bond acceptors (Lipinski definition) is 6. The van der Waals surface area contributed by atoms with Crippen LogP contribution < -0.4 is 0 Å². The SMILES string of the molecule is Cc1cc(F)cc(-c2cncc3[nH]c(-c4n[nH]c5cnc(-c6cncc(O)c6)cc45)nc23)c1. The summed E-state index contributed by atoms with van der Waals surface area (Å²) < 4.78 is 14.0. The first-order valence-electron chi connectivity index (χ1n) is 10.2. The van der Waals surface area contributed by atoms with Crippen molar-refractivity contribution in [3.05, 3.63) is 72.7 Å². The van der Waals surface area contributed by atoms with Gasteiger partial charge in [-0.25, -0.2) is 9.37 Å². The summed E-state index contributed by atoms with van der Waals surface area (Å²) in [5.74, 6) is 0.300. The van der Waals surface area contributed by atoms with Gasteiger partial charge in [0.2, 0.25) is 0 Å². The fourth-order valence-corrected chi connectivity index (χ4v) is 3.97. The maximum Gasteiger partial charge on any atom is 0.159 e. The molecule has 0 aliphatic carbocycles. The van der Waals surface area contributed by atoms with Crippen LogP contribution in [0, 0.1) is 12.7 Å². The fraction of sp³-hybridized carbons (Fsp3) is 0.0417. The van der Waals surface area contributed by atoms with E-state index >= 15 is 0 Å². The van der Waals surface area contributed by atoms with E-state index in [1.54, 1.807) is 30.9 Å². The largest absolute Gasteiger partial charge is 0.506 e. The van der Waals surface area contributed by atoms with Gasteiger partial charge in [-0.3, -0.25) is 20.1 Å². The van der Waals surface area contributed by atoms with Crippen LogP contribution in [0.25, 0.3) is 55.8 Å². The van der Waals surface area contributed by atoms with Crippen LogP contribution in [-0.2, 0) is 0 Å². The molecule has 9 heteroatoms. The number of fused-ring (bicyclic) bond motifs is 2. The molecule has 160 valence electrons. The molecule has 0 radical (unpaired) electrons. The minimum atomic E-state index is -0.308. The number of rotatable bonds is 3. The van der Waals surface area contributed by atoms with Crippen LogP contribution in [0.2, 0.25) is 0 Å². The molecule has 1 aromatic carbocycles. The number of aryl methyl sites for hydroxylation is 1. The number of benzene rings is 1. The second-order valence-electron chi connectivity index (χ2n) is 7.81. The molecule has 6 rings (SSSR count). The summed E-state index contributed by atoms with van der Waals surface area (Å²) in [4.78, 5) is 20.8. The summed E-state index contributed by atoms with van der Waals surface area (Å²) in [7, 11) is 0. The predicted octanol–water partition coefficient (Wildman–Crippen LogP) is 4.78. The molecule has 0 saturated carbocycles. The number of aromatic hydroxyl groups is 1. The highest BCUT2D eigenvalue weighted by Crippen LogP contribution is 2.32. The van der Waals surface area contributed by atoms with Gasteiger partial charge in [0, 0.05) is 28.9 Å². The molecule has 5 heterocycles. The predicted molar refractivity (Wildman–Crippen MR) is 122 cm³/mol. The molecule has 0 bridgehead atoms. The van der Waals surface area contributed by atoms with Gasteiger partial charge in [0.15, 0.2) is 5.82 Å². The lowest BCUT2D eigenvalue weighted by Crippen LogP contribution is -1.87. The Kier molecular flexibility index (Phi) is 4.16. The molecule has 6 aromatic rings. The third-order valence-corrected chi connectivity index (χ3v) is 5.44. The minimum absolute atomic E-state index is 0.0618. The number of imidazole rings is 1. The minimum Gasteiger partial charge on any atom is -0.506 e. The van der Waals surface area contributed by atoms with Gasteiger partial charge in [0.25, 0.3) is 0 Å². The summed E-state index contributed by atoms with van der Waals surface area (Å²) in [5.41, 5.74) is 6.31. The van der Waals surface area contributed by atoms with E-state index in [1.807, 2.05) is 19.1 Å². The maximum atomic E-state index is 14.0. The van der Waals surface area contributed by atoms with Gasteiger partial charge in [-0.2, -0.15) is 5.10 Å². The van der Waals surface area contributed by atoms with E-state index in [0.29, 0.717) is 39.4 Å². The Hall–Kier alpha value is -4.66. The van der Waals surface area contributed by atoms with Gasteiger partial charge in [0.05, 0.1) is 40.8 Å². The summed E-state index contributed by atoms with van der Waals surface area (Å²) in [6.07, 6.45) is 8.04. The Morgan fingerprint density at radius 3 is 2.61 bits per heavy atom. The van der Waals surface area contributed by atoms with E-state index < -0.39 is 0 Å². The zero-order valence-electron chi connectivity index (χ0n) is 17.3. The Morgan fingerprint density at radius 2 is 1.76 bits per heavy atom. The fourth-order valence-electron chi connectivity index (χ4n) is 3.97. The van der Waals surface area contributed by atoms with Crippen molar-refractivity contribution in [3.63, 3.8) is 0 Å². The summed E-state index contributed by atoms with van der Waals surface area (Å²) >= 11 is 0. The van der Waals surface area contributed by atoms with Crippen molar-refractivity contribution in [3.8, 4) is 39.7 Å². The monoisotopic (exact) mass is 437 g/mol. The van der Waals surface area contributed by atoms with E-state index in [9.17, 15) is 9.50 Å². The maximum absolute atomic E-state index is 14.0. The van der Waals surface area contributed by atoms with Crippen LogP contribution in [-0.4, -0.2) is 40.2 Å². The van der Waals surface area contributed by atoms with Crippen molar-refractivity contribution in [2.24, 2.45) is 0 Å². The molecule has 8 nitrogen and oxygen atoms in total. The molecular formula is C24H16FN7O. The molecule has 0 unspecified atom stereocenters. The average Bonchev–Trinajstić information content (AvgIpc) is 3.41. The zero-order chi connectivity index (χ0) is 22.5. The first-order valence-corrected chi connectivity index (χ1v) is 10.2. The van der Waals surface area contributed by atoms with E-state index in [-0.39, 0.29) is 11.6 Å². The Labute approximate surface area is 186 Å². The number of aromatic amines is 2. The van der Waals surface area contributed by atoms with Crippen molar-refractivity contribution in [2.75, 3.05) is 0 Å². The molecule has 0 spiro atoms. The number of hydrogen-bond donors (Lipinski definition) is 3. The standard InChI is InChI=1S/C24H16FN7O/c1-12-2-13(4-15(25)3-12)18-9-27-10-21-22(18)30-24(29-21)23-17-6-19(28-11-20(17)31-32-23)14-5-16(33)8-26-7-14/h2-11,33H,1H3,(H,29,30)(H,31,32). The molecule has 0 aliphatic rings. The lowest BCUT2D eigenvalue weighted by molar-refractivity contribution is 0.473. The lowest BCUT2D eigenvalue weighted by atomic mass is 10.0. The number of halogens is 1. The summed E-state index contributed by atoms with van der Waals surface area (Å²) in [6, 6.07) is 8.33. The van der Waals surface area contributed by atoms with Gasteiger partial charge in [-0.15, -0.1) is 0 Å². The first kappa shape index (κ1) is 19.1. The number of nitrogens with one attached hydrogen (secondary N) is 2. The van der Waals surface area contributed by atoms with E-state index in [2.05, 4.69) is 30.1 Å². The van der Waals surface area contributed by atoms with Crippen molar-refractivity contribution in [1.29, 1.82) is 0 Å². The first-order chi connectivity index (χ1) is 16.0. The second kappa shape index (κ2) is 7.20. The quantitative estimate of drug-likeness (QED) is 0.367. The topological polar surface area (TPSA) is 116 Å². The second-order valence-corrected chi connectivity index (χ2v) is 7.81. The lowest BCUT2D eigenvalue weighted by Gasteiger charge is -2.04. The highest BCUT2D eigenvalue weighted by Gasteiger charge is 2.17. The third-order valence-electron chi connectivity index (χ3n) is 5.44. The van der Waals surface area contributed by atoms with Crippen LogP contribution in [0.4, 0.5) is 4.39 Å². The summed E-state index contributed by atoms with van der Waals surface area (Å²) in [5, 5.41) is 18.0. The van der Waals surface area contributed by atoms with E-state index in [0.717, 1.165) is 22.0 Å². The molecule has 0 aliphatic heterocycles.